The first-order chi connectivity index (χ1) is 9.31. The van der Waals surface area contributed by atoms with E-state index in [9.17, 15) is 4.79 Å². The third kappa shape index (κ3) is 5.94. The van der Waals surface area contributed by atoms with Crippen molar-refractivity contribution in [2.75, 3.05) is 0 Å². The van der Waals surface area contributed by atoms with E-state index in [-0.39, 0.29) is 11.6 Å². The molecule has 20 heavy (non-hydrogen) atoms. The molecule has 0 aromatic rings. The number of ether oxygens (including phenoxy) is 1. The molecule has 0 atom stereocenters. The summed E-state index contributed by atoms with van der Waals surface area (Å²) in [4.78, 5) is 12.5. The van der Waals surface area contributed by atoms with Gasteiger partial charge >= 0.3 is 5.97 Å². The van der Waals surface area contributed by atoms with Crippen molar-refractivity contribution < 1.29 is 9.53 Å². The van der Waals surface area contributed by atoms with Crippen LogP contribution in [0.3, 0.4) is 0 Å². The van der Waals surface area contributed by atoms with E-state index in [1.165, 1.54) is 0 Å². The summed E-state index contributed by atoms with van der Waals surface area (Å²) in [7, 11) is 0. The molecule has 0 fully saturated rings. The molecule has 0 aliphatic heterocycles. The van der Waals surface area contributed by atoms with E-state index in [1.54, 1.807) is 0 Å². The summed E-state index contributed by atoms with van der Waals surface area (Å²) < 4.78 is 5.92. The van der Waals surface area contributed by atoms with Gasteiger partial charge in [0.05, 0.1) is 5.57 Å². The highest BCUT2D eigenvalue weighted by molar-refractivity contribution is 5.92. The molecule has 0 aliphatic carbocycles. The van der Waals surface area contributed by atoms with Crippen molar-refractivity contribution >= 4 is 5.97 Å². The van der Waals surface area contributed by atoms with Crippen LogP contribution in [0.5, 0.6) is 0 Å². The van der Waals surface area contributed by atoms with Gasteiger partial charge in [0.2, 0.25) is 0 Å². The maximum Gasteiger partial charge on any atom is 0.338 e. The Morgan fingerprint density at radius 2 is 1.60 bits per heavy atom. The zero-order valence-corrected chi connectivity index (χ0v) is 14.4. The van der Waals surface area contributed by atoms with Gasteiger partial charge in [-0.05, 0) is 59.5 Å². The van der Waals surface area contributed by atoms with Crippen LogP contribution in [-0.4, -0.2) is 11.6 Å². The number of carbonyl (C=O) groups excluding carboxylic acids is 1. The molecule has 0 amide bonds. The summed E-state index contributed by atoms with van der Waals surface area (Å²) >= 11 is 0. The van der Waals surface area contributed by atoms with E-state index < -0.39 is 0 Å². The molecule has 2 heteroatoms. The van der Waals surface area contributed by atoms with Crippen LogP contribution in [0.1, 0.15) is 80.6 Å². The summed E-state index contributed by atoms with van der Waals surface area (Å²) in [6.45, 7) is 14.3. The van der Waals surface area contributed by atoms with E-state index in [1.807, 2.05) is 33.8 Å². The van der Waals surface area contributed by atoms with Gasteiger partial charge in [-0.1, -0.05) is 38.3 Å². The molecule has 0 saturated carbocycles. The van der Waals surface area contributed by atoms with Crippen LogP contribution in [0.25, 0.3) is 0 Å². The van der Waals surface area contributed by atoms with Crippen molar-refractivity contribution in [3.05, 3.63) is 22.8 Å². The first-order valence-electron chi connectivity index (χ1n) is 7.87. The Hall–Kier alpha value is -1.05. The minimum Gasteiger partial charge on any atom is -0.456 e. The smallest absolute Gasteiger partial charge is 0.338 e. The highest BCUT2D eigenvalue weighted by atomic mass is 16.6. The Bertz CT molecular complexity index is 363. The molecule has 0 aromatic carbocycles. The summed E-state index contributed by atoms with van der Waals surface area (Å²) in [5.41, 5.74) is 2.52. The molecule has 0 unspecified atom stereocenters. The van der Waals surface area contributed by atoms with Crippen LogP contribution >= 0.6 is 0 Å². The zero-order chi connectivity index (χ0) is 15.8. The maximum absolute atomic E-state index is 12.5. The second kappa shape index (κ2) is 8.99. The van der Waals surface area contributed by atoms with E-state index in [2.05, 4.69) is 20.8 Å². The lowest BCUT2D eigenvalue weighted by Crippen LogP contribution is -2.34. The van der Waals surface area contributed by atoms with Crippen molar-refractivity contribution in [2.24, 2.45) is 0 Å². The topological polar surface area (TPSA) is 26.3 Å². The molecule has 116 valence electrons. The summed E-state index contributed by atoms with van der Waals surface area (Å²) in [6, 6.07) is 0. The Morgan fingerprint density at radius 3 is 1.95 bits per heavy atom. The monoisotopic (exact) mass is 280 g/mol. The molecule has 0 bridgehead atoms. The quantitative estimate of drug-likeness (QED) is 0.329. The number of hydrogen-bond acceptors (Lipinski definition) is 2. The molecule has 2 nitrogen and oxygen atoms in total. The zero-order valence-electron chi connectivity index (χ0n) is 14.4. The highest BCUT2D eigenvalue weighted by Gasteiger charge is 2.30. The van der Waals surface area contributed by atoms with Gasteiger partial charge in [-0.3, -0.25) is 0 Å². The van der Waals surface area contributed by atoms with Gasteiger partial charge in [0, 0.05) is 0 Å². The minimum absolute atomic E-state index is 0.175. The lowest BCUT2D eigenvalue weighted by Gasteiger charge is -2.32. The summed E-state index contributed by atoms with van der Waals surface area (Å²) in [5.74, 6) is -0.175. The van der Waals surface area contributed by atoms with Crippen LogP contribution in [0, 0.1) is 0 Å². The number of unbranched alkanes of at least 4 members (excludes halogenated alkanes) is 1. The molecule has 0 spiro atoms. The minimum atomic E-state index is -0.302. The van der Waals surface area contributed by atoms with Crippen molar-refractivity contribution in [1.29, 1.82) is 0 Å². The number of carbonyl (C=O) groups is 1. The molecule has 0 N–H and O–H groups in total. The van der Waals surface area contributed by atoms with Gasteiger partial charge in [-0.25, -0.2) is 4.79 Å². The van der Waals surface area contributed by atoms with Gasteiger partial charge in [0.1, 0.15) is 5.60 Å². The molecule has 0 aliphatic rings. The van der Waals surface area contributed by atoms with E-state index in [0.29, 0.717) is 5.57 Å². The molecular formula is C18H32O2. The van der Waals surface area contributed by atoms with E-state index >= 15 is 0 Å². The highest BCUT2D eigenvalue weighted by Crippen LogP contribution is 2.29. The SMILES string of the molecule is CCCCC(CC)(CC)OC(=O)C(C=C(C)C)=C(C)C. The fourth-order valence-electron chi connectivity index (χ4n) is 2.25. The predicted octanol–water partition coefficient (Wildman–Crippen LogP) is 5.58. The fraction of sp³-hybridized carbons (Fsp3) is 0.722. The van der Waals surface area contributed by atoms with Gasteiger partial charge in [0.25, 0.3) is 0 Å². The standard InChI is InChI=1S/C18H32O2/c1-8-11-12-18(9-2,10-3)20-17(19)16(15(6)7)13-14(4)5/h13H,8-12H2,1-7H3. The molecule has 0 radical (unpaired) electrons. The molecular weight excluding hydrogens is 248 g/mol. The third-order valence-corrected chi connectivity index (χ3v) is 3.78. The Labute approximate surface area is 125 Å². The molecule has 0 aromatic heterocycles. The van der Waals surface area contributed by atoms with Gasteiger partial charge in [0.15, 0.2) is 0 Å². The Kier molecular flexibility index (Phi) is 8.52. The average molecular weight is 280 g/mol. The van der Waals surface area contributed by atoms with Gasteiger partial charge < -0.3 is 4.74 Å². The van der Waals surface area contributed by atoms with Crippen LogP contribution in [0.15, 0.2) is 22.8 Å². The molecule has 0 saturated heterocycles. The lowest BCUT2D eigenvalue weighted by molar-refractivity contribution is -0.156. The second-order valence-corrected chi connectivity index (χ2v) is 6.02. The molecule has 0 heterocycles. The molecule has 0 rings (SSSR count). The first-order valence-corrected chi connectivity index (χ1v) is 7.87. The fourth-order valence-corrected chi connectivity index (χ4v) is 2.25. The van der Waals surface area contributed by atoms with Gasteiger partial charge in [-0.2, -0.15) is 0 Å². The normalized spacial score (nSPS) is 10.9. The van der Waals surface area contributed by atoms with Crippen molar-refractivity contribution in [3.63, 3.8) is 0 Å². The number of hydrogen-bond donors (Lipinski definition) is 0. The van der Waals surface area contributed by atoms with Crippen LogP contribution in [-0.2, 0) is 9.53 Å². The van der Waals surface area contributed by atoms with Crippen LogP contribution in [0.4, 0.5) is 0 Å². The number of allylic oxidation sites excluding steroid dienone is 2. The maximum atomic E-state index is 12.5. The number of esters is 1. The van der Waals surface area contributed by atoms with Crippen molar-refractivity contribution in [1.82, 2.24) is 0 Å². The average Bonchev–Trinajstić information content (AvgIpc) is 2.40. The van der Waals surface area contributed by atoms with E-state index in [4.69, 9.17) is 4.74 Å². The van der Waals surface area contributed by atoms with Crippen molar-refractivity contribution in [3.8, 4) is 0 Å². The summed E-state index contributed by atoms with van der Waals surface area (Å²) in [6.07, 6.45) is 6.85. The largest absolute Gasteiger partial charge is 0.456 e. The van der Waals surface area contributed by atoms with Crippen LogP contribution < -0.4 is 0 Å². The van der Waals surface area contributed by atoms with Crippen molar-refractivity contribution in [2.45, 2.75) is 86.2 Å². The first kappa shape index (κ1) is 18.9. The second-order valence-electron chi connectivity index (χ2n) is 6.02. The Balaban J connectivity index is 5.18. The third-order valence-electron chi connectivity index (χ3n) is 3.78. The Morgan fingerprint density at radius 1 is 1.05 bits per heavy atom. The summed E-state index contributed by atoms with van der Waals surface area (Å²) in [5, 5.41) is 0. The predicted molar refractivity (Wildman–Crippen MR) is 86.7 cm³/mol. The van der Waals surface area contributed by atoms with Crippen LogP contribution in [0.2, 0.25) is 0 Å². The van der Waals surface area contributed by atoms with Gasteiger partial charge in [-0.15, -0.1) is 0 Å². The lowest BCUT2D eigenvalue weighted by atomic mass is 9.90. The number of rotatable bonds is 8. The van der Waals surface area contributed by atoms with E-state index in [0.717, 1.165) is 43.3 Å².